The highest BCUT2D eigenvalue weighted by Gasteiger charge is 2.08. The molecule has 0 amide bonds. The van der Waals surface area contributed by atoms with E-state index in [1.807, 2.05) is 0 Å². The van der Waals surface area contributed by atoms with E-state index in [1.165, 1.54) is 6.26 Å². The predicted octanol–water partition coefficient (Wildman–Crippen LogP) is 2.66. The van der Waals surface area contributed by atoms with Crippen LogP contribution in [0.25, 0.3) is 11.3 Å². The van der Waals surface area contributed by atoms with Crippen LogP contribution in [0.15, 0.2) is 48.8 Å². The van der Waals surface area contributed by atoms with E-state index in [9.17, 15) is 4.79 Å². The number of halogens is 1. The molecule has 0 aliphatic carbocycles. The molecule has 0 aliphatic rings. The molecule has 0 aromatic carbocycles. The van der Waals surface area contributed by atoms with Crippen LogP contribution in [-0.2, 0) is 0 Å². The smallest absolute Gasteiger partial charge is 0.350 e. The van der Waals surface area contributed by atoms with Gasteiger partial charge in [0.2, 0.25) is 0 Å². The minimum atomic E-state index is -0.408. The normalized spacial score (nSPS) is 10.2. The average Bonchev–Trinajstić information content (AvgIpc) is 2.62. The van der Waals surface area contributed by atoms with Gasteiger partial charge in [0.05, 0.1) is 12.5 Å². The Morgan fingerprint density at radius 3 is 2.69 bits per heavy atom. The Morgan fingerprint density at radius 2 is 2.00 bits per heavy atom. The number of furan rings is 1. The first-order chi connectivity index (χ1) is 6.29. The molecular weight excluding hydrogens is 236 g/mol. The van der Waals surface area contributed by atoms with Crippen LogP contribution in [0.2, 0.25) is 0 Å². The summed E-state index contributed by atoms with van der Waals surface area (Å²) >= 11 is 3.14. The zero-order valence-electron chi connectivity index (χ0n) is 6.49. The van der Waals surface area contributed by atoms with Gasteiger partial charge in [-0.1, -0.05) is 0 Å². The predicted molar refractivity (Wildman–Crippen MR) is 50.4 cm³/mol. The summed E-state index contributed by atoms with van der Waals surface area (Å²) in [7, 11) is 0. The van der Waals surface area contributed by atoms with Gasteiger partial charge in [0.1, 0.15) is 10.2 Å². The molecule has 0 radical (unpaired) electrons. The monoisotopic (exact) mass is 240 g/mol. The van der Waals surface area contributed by atoms with Gasteiger partial charge in [-0.15, -0.1) is 0 Å². The molecule has 0 unspecified atom stereocenters. The second-order valence-corrected chi connectivity index (χ2v) is 3.21. The van der Waals surface area contributed by atoms with E-state index in [0.29, 0.717) is 15.8 Å². The first-order valence-corrected chi connectivity index (χ1v) is 4.39. The lowest BCUT2D eigenvalue weighted by Gasteiger charge is -1.96. The van der Waals surface area contributed by atoms with E-state index in [0.717, 1.165) is 0 Å². The zero-order valence-corrected chi connectivity index (χ0v) is 8.08. The molecule has 0 saturated heterocycles. The third-order valence-corrected chi connectivity index (χ3v) is 2.36. The van der Waals surface area contributed by atoms with Crippen molar-refractivity contribution in [1.29, 1.82) is 0 Å². The third kappa shape index (κ3) is 1.45. The van der Waals surface area contributed by atoms with Crippen LogP contribution in [-0.4, -0.2) is 0 Å². The second-order valence-electron chi connectivity index (χ2n) is 2.41. The van der Waals surface area contributed by atoms with Crippen LogP contribution in [0.4, 0.5) is 0 Å². The molecule has 0 spiro atoms. The average molecular weight is 241 g/mol. The maximum Gasteiger partial charge on any atom is 0.350 e. The molecule has 2 aromatic rings. The Bertz CT molecular complexity index is 456. The molecule has 3 nitrogen and oxygen atoms in total. The minimum absolute atomic E-state index is 0.380. The van der Waals surface area contributed by atoms with Gasteiger partial charge in [-0.05, 0) is 34.1 Å². The van der Waals surface area contributed by atoms with E-state index in [1.54, 1.807) is 24.5 Å². The summed E-state index contributed by atoms with van der Waals surface area (Å²) in [5.41, 5.74) is 0.287. The molecule has 2 aromatic heterocycles. The van der Waals surface area contributed by atoms with E-state index in [-0.39, 0.29) is 0 Å². The van der Waals surface area contributed by atoms with Gasteiger partial charge in [-0.2, -0.15) is 0 Å². The van der Waals surface area contributed by atoms with Crippen molar-refractivity contribution < 1.29 is 8.83 Å². The molecular formula is C9H5BrO3. The molecule has 13 heavy (non-hydrogen) atoms. The Labute approximate surface area is 82.1 Å². The Kier molecular flexibility index (Phi) is 2.06. The molecule has 0 bridgehead atoms. The van der Waals surface area contributed by atoms with Gasteiger partial charge in [-0.3, -0.25) is 0 Å². The Morgan fingerprint density at radius 1 is 1.15 bits per heavy atom. The lowest BCUT2D eigenvalue weighted by molar-refractivity contribution is 0.505. The van der Waals surface area contributed by atoms with Crippen molar-refractivity contribution in [3.63, 3.8) is 0 Å². The second kappa shape index (κ2) is 3.22. The van der Waals surface area contributed by atoms with Crippen molar-refractivity contribution >= 4 is 15.9 Å². The van der Waals surface area contributed by atoms with Crippen molar-refractivity contribution in [1.82, 2.24) is 0 Å². The molecule has 0 fully saturated rings. The van der Waals surface area contributed by atoms with Gasteiger partial charge in [0.15, 0.2) is 0 Å². The fourth-order valence-electron chi connectivity index (χ4n) is 1.02. The molecule has 4 heteroatoms. The van der Waals surface area contributed by atoms with Gasteiger partial charge >= 0.3 is 5.63 Å². The summed E-state index contributed by atoms with van der Waals surface area (Å²) in [4.78, 5) is 11.1. The topological polar surface area (TPSA) is 43.4 Å². The number of hydrogen-bond donors (Lipinski definition) is 0. The third-order valence-electron chi connectivity index (χ3n) is 1.61. The lowest BCUT2D eigenvalue weighted by Crippen LogP contribution is -1.99. The molecule has 0 saturated carbocycles. The van der Waals surface area contributed by atoms with Crippen molar-refractivity contribution in [3.05, 3.63) is 45.6 Å². The highest BCUT2D eigenvalue weighted by molar-refractivity contribution is 9.10. The highest BCUT2D eigenvalue weighted by Crippen LogP contribution is 2.25. The van der Waals surface area contributed by atoms with Crippen LogP contribution in [0, 0.1) is 0 Å². The zero-order chi connectivity index (χ0) is 9.26. The summed E-state index contributed by atoms with van der Waals surface area (Å²) in [6.45, 7) is 0. The standard InChI is InChI=1S/C9H5BrO3/c10-8-6(3-5-13-9(8)11)7-2-1-4-12-7/h1-5H. The first-order valence-electron chi connectivity index (χ1n) is 3.60. The molecule has 2 heterocycles. The van der Waals surface area contributed by atoms with Crippen LogP contribution < -0.4 is 5.63 Å². The van der Waals surface area contributed by atoms with Crippen LogP contribution in [0.1, 0.15) is 0 Å². The SMILES string of the molecule is O=c1occc(-c2ccco2)c1Br. The summed E-state index contributed by atoms with van der Waals surface area (Å²) in [5, 5.41) is 0. The fourth-order valence-corrected chi connectivity index (χ4v) is 1.44. The number of hydrogen-bond acceptors (Lipinski definition) is 3. The Balaban J connectivity index is 2.66. The van der Waals surface area contributed by atoms with Gasteiger partial charge in [-0.25, -0.2) is 4.79 Å². The van der Waals surface area contributed by atoms with E-state index in [2.05, 4.69) is 20.3 Å². The maximum absolute atomic E-state index is 11.1. The molecule has 66 valence electrons. The van der Waals surface area contributed by atoms with Crippen molar-refractivity contribution in [2.75, 3.05) is 0 Å². The van der Waals surface area contributed by atoms with Crippen LogP contribution in [0.5, 0.6) is 0 Å². The van der Waals surface area contributed by atoms with Gasteiger partial charge in [0.25, 0.3) is 0 Å². The van der Waals surface area contributed by atoms with E-state index >= 15 is 0 Å². The van der Waals surface area contributed by atoms with Crippen LogP contribution >= 0.6 is 15.9 Å². The summed E-state index contributed by atoms with van der Waals surface area (Å²) in [6.07, 6.45) is 2.89. The fraction of sp³-hybridized carbons (Fsp3) is 0. The van der Waals surface area contributed by atoms with E-state index in [4.69, 9.17) is 4.42 Å². The quantitative estimate of drug-likeness (QED) is 0.770. The molecule has 0 aliphatic heterocycles. The van der Waals surface area contributed by atoms with Crippen molar-refractivity contribution in [2.45, 2.75) is 0 Å². The largest absolute Gasteiger partial charge is 0.464 e. The maximum atomic E-state index is 11.1. The minimum Gasteiger partial charge on any atom is -0.464 e. The highest BCUT2D eigenvalue weighted by atomic mass is 79.9. The van der Waals surface area contributed by atoms with Gasteiger partial charge in [0, 0.05) is 5.56 Å². The molecule has 0 N–H and O–H groups in total. The summed E-state index contributed by atoms with van der Waals surface area (Å²) in [6, 6.07) is 5.21. The van der Waals surface area contributed by atoms with Crippen LogP contribution in [0.3, 0.4) is 0 Å². The molecule has 0 atom stereocenters. The number of rotatable bonds is 1. The summed E-state index contributed by atoms with van der Waals surface area (Å²) in [5.74, 6) is 0.639. The first kappa shape index (κ1) is 8.31. The molecule has 2 rings (SSSR count). The van der Waals surface area contributed by atoms with Crippen molar-refractivity contribution in [3.8, 4) is 11.3 Å². The van der Waals surface area contributed by atoms with Gasteiger partial charge < -0.3 is 8.83 Å². The summed E-state index contributed by atoms with van der Waals surface area (Å²) < 4.78 is 10.2. The Hall–Kier alpha value is -1.29. The lowest BCUT2D eigenvalue weighted by atomic mass is 10.2. The van der Waals surface area contributed by atoms with E-state index < -0.39 is 5.63 Å². The van der Waals surface area contributed by atoms with Crippen molar-refractivity contribution in [2.24, 2.45) is 0 Å².